The molecule has 2 fully saturated rings. The Morgan fingerprint density at radius 1 is 1.03 bits per heavy atom. The molecule has 9 heteroatoms. The maximum Gasteiger partial charge on any atom is 0.242 e. The van der Waals surface area contributed by atoms with Gasteiger partial charge in [-0.15, -0.1) is 0 Å². The van der Waals surface area contributed by atoms with Crippen LogP contribution in [0.15, 0.2) is 35.2 Å². The van der Waals surface area contributed by atoms with Crippen molar-refractivity contribution in [2.75, 3.05) is 19.7 Å². The van der Waals surface area contributed by atoms with Gasteiger partial charge in [0, 0.05) is 25.6 Å². The molecule has 1 heterocycles. The van der Waals surface area contributed by atoms with Crippen molar-refractivity contribution in [3.63, 3.8) is 0 Å². The van der Waals surface area contributed by atoms with Crippen LogP contribution < -0.4 is 15.4 Å². The molecule has 1 unspecified atom stereocenters. The number of amides is 2. The fourth-order valence-corrected chi connectivity index (χ4v) is 5.61. The van der Waals surface area contributed by atoms with Gasteiger partial charge < -0.3 is 15.4 Å². The molecule has 1 aliphatic heterocycles. The van der Waals surface area contributed by atoms with E-state index in [0.29, 0.717) is 25.9 Å². The summed E-state index contributed by atoms with van der Waals surface area (Å²) >= 11 is 0. The summed E-state index contributed by atoms with van der Waals surface area (Å²) in [7, 11) is -3.52. The normalized spacial score (nSPS) is 24.4. The summed E-state index contributed by atoms with van der Waals surface area (Å²) in [5, 5.41) is 5.87. The van der Waals surface area contributed by atoms with Gasteiger partial charge in [0.15, 0.2) is 0 Å². The van der Waals surface area contributed by atoms with Crippen LogP contribution >= 0.6 is 0 Å². The number of sulfonamides is 1. The first-order chi connectivity index (χ1) is 15.8. The summed E-state index contributed by atoms with van der Waals surface area (Å²) in [5.74, 6) is -0.244. The van der Waals surface area contributed by atoms with Gasteiger partial charge in [-0.2, -0.15) is 0 Å². The highest BCUT2D eigenvalue weighted by molar-refractivity contribution is 7.89. The van der Waals surface area contributed by atoms with Gasteiger partial charge in [0.05, 0.1) is 11.0 Å². The lowest BCUT2D eigenvalue weighted by atomic mass is 9.81. The third kappa shape index (κ3) is 7.52. The molecule has 184 valence electrons. The highest BCUT2D eigenvalue weighted by atomic mass is 32.2. The Hall–Kier alpha value is -1.97. The van der Waals surface area contributed by atoms with Crippen LogP contribution in [0, 0.1) is 17.8 Å². The first-order valence-corrected chi connectivity index (χ1v) is 13.5. The van der Waals surface area contributed by atoms with E-state index in [1.54, 1.807) is 30.3 Å². The molecular formula is C24H37N3O5S. The quantitative estimate of drug-likeness (QED) is 0.476. The summed E-state index contributed by atoms with van der Waals surface area (Å²) in [5.41, 5.74) is 0. The smallest absolute Gasteiger partial charge is 0.242 e. The summed E-state index contributed by atoms with van der Waals surface area (Å²) in [4.78, 5) is 25.8. The molecule has 1 saturated heterocycles. The minimum atomic E-state index is -3.52. The second-order valence-electron chi connectivity index (χ2n) is 9.49. The maximum atomic E-state index is 12.9. The van der Waals surface area contributed by atoms with Crippen molar-refractivity contribution in [2.24, 2.45) is 17.8 Å². The van der Waals surface area contributed by atoms with Crippen LogP contribution in [0.2, 0.25) is 0 Å². The minimum Gasteiger partial charge on any atom is -0.376 e. The molecule has 0 bridgehead atoms. The van der Waals surface area contributed by atoms with E-state index in [4.69, 9.17) is 4.74 Å². The van der Waals surface area contributed by atoms with E-state index in [1.807, 2.05) is 13.8 Å². The zero-order chi connectivity index (χ0) is 23.8. The van der Waals surface area contributed by atoms with Gasteiger partial charge >= 0.3 is 0 Å². The summed E-state index contributed by atoms with van der Waals surface area (Å²) in [6.07, 6.45) is 4.94. The second-order valence-corrected chi connectivity index (χ2v) is 11.3. The lowest BCUT2D eigenvalue weighted by Crippen LogP contribution is -2.52. The average Bonchev–Trinajstić information content (AvgIpc) is 3.34. The van der Waals surface area contributed by atoms with E-state index in [-0.39, 0.29) is 40.6 Å². The molecule has 1 aromatic rings. The van der Waals surface area contributed by atoms with Crippen LogP contribution in [-0.4, -0.2) is 52.1 Å². The van der Waals surface area contributed by atoms with E-state index in [9.17, 15) is 18.0 Å². The highest BCUT2D eigenvalue weighted by Crippen LogP contribution is 2.29. The number of carbonyl (C=O) groups excluding carboxylic acids is 2. The van der Waals surface area contributed by atoms with Gasteiger partial charge in [0.1, 0.15) is 6.04 Å². The Labute approximate surface area is 197 Å². The Balaban J connectivity index is 1.43. The number of hydrogen-bond donors (Lipinski definition) is 3. The third-order valence-electron chi connectivity index (χ3n) is 6.61. The molecule has 0 spiro atoms. The lowest BCUT2D eigenvalue weighted by Gasteiger charge is -2.30. The van der Waals surface area contributed by atoms with Gasteiger partial charge in [-0.3, -0.25) is 9.59 Å². The predicted octanol–water partition coefficient (Wildman–Crippen LogP) is 2.21. The van der Waals surface area contributed by atoms with Crippen molar-refractivity contribution in [1.82, 2.24) is 15.4 Å². The van der Waals surface area contributed by atoms with Crippen LogP contribution in [0.3, 0.4) is 0 Å². The summed E-state index contributed by atoms with van der Waals surface area (Å²) < 4.78 is 33.1. The second kappa shape index (κ2) is 11.9. The Kier molecular flexibility index (Phi) is 9.28. The molecule has 3 rings (SSSR count). The molecule has 8 nitrogen and oxygen atoms in total. The van der Waals surface area contributed by atoms with Gasteiger partial charge in [-0.25, -0.2) is 13.1 Å². The van der Waals surface area contributed by atoms with Crippen molar-refractivity contribution in [2.45, 2.75) is 69.4 Å². The van der Waals surface area contributed by atoms with Crippen molar-refractivity contribution in [3.8, 4) is 0 Å². The molecule has 3 N–H and O–H groups in total. The molecule has 2 atom stereocenters. The Bertz CT molecular complexity index is 877. The number of rotatable bonds is 10. The maximum absolute atomic E-state index is 12.9. The topological polar surface area (TPSA) is 114 Å². The first kappa shape index (κ1) is 25.6. The SMILES string of the molecule is CC(C)[C@@H](NC(=O)C1CCC(CNS(=O)(=O)c2ccccc2)CC1)C(=O)NCC1CCCO1. The number of nitrogens with one attached hydrogen (secondary N) is 3. The van der Waals surface area contributed by atoms with E-state index < -0.39 is 16.1 Å². The fraction of sp³-hybridized carbons (Fsp3) is 0.667. The lowest BCUT2D eigenvalue weighted by molar-refractivity contribution is -0.133. The van der Waals surface area contributed by atoms with E-state index in [1.165, 1.54) is 0 Å². The van der Waals surface area contributed by atoms with Crippen LogP contribution in [0.1, 0.15) is 52.4 Å². The van der Waals surface area contributed by atoms with Crippen LogP contribution in [0.25, 0.3) is 0 Å². The van der Waals surface area contributed by atoms with E-state index in [0.717, 1.165) is 32.3 Å². The molecule has 2 amide bonds. The van der Waals surface area contributed by atoms with Crippen molar-refractivity contribution in [1.29, 1.82) is 0 Å². The van der Waals surface area contributed by atoms with Crippen LogP contribution in [-0.2, 0) is 24.3 Å². The number of hydrogen-bond acceptors (Lipinski definition) is 5. The number of carbonyl (C=O) groups is 2. The number of ether oxygens (including phenoxy) is 1. The molecular weight excluding hydrogens is 442 g/mol. The summed E-state index contributed by atoms with van der Waals surface area (Å²) in [6.45, 7) is 5.42. The van der Waals surface area contributed by atoms with Gasteiger partial charge in [-0.1, -0.05) is 32.0 Å². The molecule has 0 aromatic heterocycles. The van der Waals surface area contributed by atoms with Crippen molar-refractivity contribution < 1.29 is 22.7 Å². The molecule has 1 aromatic carbocycles. The third-order valence-corrected chi connectivity index (χ3v) is 8.05. The monoisotopic (exact) mass is 479 g/mol. The van der Waals surface area contributed by atoms with E-state index >= 15 is 0 Å². The highest BCUT2D eigenvalue weighted by Gasteiger charge is 2.31. The standard InChI is InChI=1S/C24H37N3O5S/c1-17(2)22(24(29)25-16-20-7-6-14-32-20)27-23(28)19-12-10-18(11-13-19)15-26-33(30,31)21-8-4-3-5-9-21/h3-5,8-9,17-20,22,26H,6-7,10-16H2,1-2H3,(H,25,29)(H,27,28)/t18?,19?,20?,22-/m1/s1. The first-order valence-electron chi connectivity index (χ1n) is 12.0. The number of benzene rings is 1. The van der Waals surface area contributed by atoms with Gasteiger partial charge in [-0.05, 0) is 62.5 Å². The molecule has 1 saturated carbocycles. The zero-order valence-electron chi connectivity index (χ0n) is 19.6. The molecule has 1 aliphatic carbocycles. The Morgan fingerprint density at radius 3 is 2.33 bits per heavy atom. The zero-order valence-corrected chi connectivity index (χ0v) is 20.4. The van der Waals surface area contributed by atoms with Gasteiger partial charge in [0.2, 0.25) is 21.8 Å². The molecule has 33 heavy (non-hydrogen) atoms. The van der Waals surface area contributed by atoms with Crippen molar-refractivity contribution in [3.05, 3.63) is 30.3 Å². The van der Waals surface area contributed by atoms with Crippen molar-refractivity contribution >= 4 is 21.8 Å². The largest absolute Gasteiger partial charge is 0.376 e. The molecule has 0 radical (unpaired) electrons. The van der Waals surface area contributed by atoms with Gasteiger partial charge in [0.25, 0.3) is 0 Å². The molecule has 2 aliphatic rings. The summed E-state index contributed by atoms with van der Waals surface area (Å²) in [6, 6.07) is 7.76. The fourth-order valence-electron chi connectivity index (χ4n) is 4.48. The van der Waals surface area contributed by atoms with E-state index in [2.05, 4.69) is 15.4 Å². The Morgan fingerprint density at radius 2 is 1.73 bits per heavy atom. The average molecular weight is 480 g/mol. The van der Waals surface area contributed by atoms with Crippen LogP contribution in [0.4, 0.5) is 0 Å². The minimum absolute atomic E-state index is 0.0258. The predicted molar refractivity (Wildman–Crippen MR) is 126 cm³/mol. The van der Waals surface area contributed by atoms with Crippen LogP contribution in [0.5, 0.6) is 0 Å².